The van der Waals surface area contributed by atoms with Crippen molar-refractivity contribution in [3.63, 3.8) is 0 Å². The molecule has 6 heteroatoms. The molecule has 1 saturated heterocycles. The maximum absolute atomic E-state index is 11.8. The minimum atomic E-state index is -1.60. The number of unbranched alkanes of at least 4 members (excludes halogenated alkanes) is 5. The van der Waals surface area contributed by atoms with Gasteiger partial charge >= 0.3 is 6.09 Å². The molecule has 0 unspecified atom stereocenters. The minimum absolute atomic E-state index is 0.0970. The van der Waals surface area contributed by atoms with Gasteiger partial charge in [0.15, 0.2) is 8.32 Å². The Morgan fingerprint density at radius 1 is 1.12 bits per heavy atom. The summed E-state index contributed by atoms with van der Waals surface area (Å²) in [6.45, 7) is 13.0. The largest absolute Gasteiger partial charge is 0.447 e. The smallest absolute Gasteiger partial charge is 0.416 e. The van der Waals surface area contributed by atoms with Crippen LogP contribution in [0.4, 0.5) is 4.79 Å². The maximum atomic E-state index is 11.8. The fourth-order valence-corrected chi connectivity index (χ4v) is 3.47. The summed E-state index contributed by atoms with van der Waals surface area (Å²) >= 11 is 0. The molecule has 2 amide bonds. The van der Waals surface area contributed by atoms with E-state index in [-0.39, 0.29) is 10.9 Å². The molecule has 0 aromatic carbocycles. The number of ether oxygens (including phenoxy) is 1. The molecular weight excluding hydrogens is 322 g/mol. The molecule has 0 atom stereocenters. The highest BCUT2D eigenvalue weighted by molar-refractivity contribution is 6.74. The van der Waals surface area contributed by atoms with Crippen LogP contribution in [0, 0.1) is 0 Å². The standard InChI is InChI=1S/C18H35NO4Si/c1-18(2,3)24(4,5)23-14-11-9-7-6-8-10-12-16(20)19-13-15-22-17(19)21/h6-15H2,1-5H3. The molecule has 0 aromatic rings. The molecule has 0 aromatic heterocycles. The van der Waals surface area contributed by atoms with Crippen LogP contribution < -0.4 is 0 Å². The summed E-state index contributed by atoms with van der Waals surface area (Å²) < 4.78 is 10.9. The van der Waals surface area contributed by atoms with Gasteiger partial charge < -0.3 is 9.16 Å². The van der Waals surface area contributed by atoms with Gasteiger partial charge in [-0.2, -0.15) is 0 Å². The quantitative estimate of drug-likeness (QED) is 0.419. The number of nitrogens with zero attached hydrogens (tertiary/aromatic N) is 1. The summed E-state index contributed by atoms with van der Waals surface area (Å²) in [6, 6.07) is 0. The lowest BCUT2D eigenvalue weighted by Gasteiger charge is -2.36. The Hall–Kier alpha value is -0.883. The third-order valence-corrected chi connectivity index (χ3v) is 9.65. The Balaban J connectivity index is 1.97. The fraction of sp³-hybridized carbons (Fsp3) is 0.889. The predicted octanol–water partition coefficient (Wildman–Crippen LogP) is 4.72. The molecule has 1 rings (SSSR count). The first-order valence-electron chi connectivity index (χ1n) is 9.26. The van der Waals surface area contributed by atoms with Crippen molar-refractivity contribution >= 4 is 20.3 Å². The Morgan fingerprint density at radius 2 is 1.71 bits per heavy atom. The molecule has 1 fully saturated rings. The van der Waals surface area contributed by atoms with Crippen molar-refractivity contribution in [3.05, 3.63) is 0 Å². The van der Waals surface area contributed by atoms with Crippen molar-refractivity contribution in [1.29, 1.82) is 0 Å². The summed E-state index contributed by atoms with van der Waals surface area (Å²) in [5.74, 6) is -0.0970. The van der Waals surface area contributed by atoms with Crippen molar-refractivity contribution in [2.24, 2.45) is 0 Å². The molecule has 1 heterocycles. The van der Waals surface area contributed by atoms with Crippen LogP contribution in [0.2, 0.25) is 18.1 Å². The third-order valence-electron chi connectivity index (χ3n) is 5.12. The Labute approximate surface area is 148 Å². The van der Waals surface area contributed by atoms with E-state index in [2.05, 4.69) is 33.9 Å². The minimum Gasteiger partial charge on any atom is -0.447 e. The van der Waals surface area contributed by atoms with E-state index in [4.69, 9.17) is 9.16 Å². The topological polar surface area (TPSA) is 55.8 Å². The second-order valence-corrected chi connectivity index (χ2v) is 12.9. The van der Waals surface area contributed by atoms with E-state index in [1.807, 2.05) is 0 Å². The molecular formula is C18H35NO4Si. The molecule has 0 spiro atoms. The summed E-state index contributed by atoms with van der Waals surface area (Å²) in [7, 11) is -1.60. The first-order valence-corrected chi connectivity index (χ1v) is 12.2. The summed E-state index contributed by atoms with van der Waals surface area (Å²) in [5, 5.41) is 0.279. The lowest BCUT2D eigenvalue weighted by atomic mass is 10.1. The zero-order valence-corrected chi connectivity index (χ0v) is 17.2. The normalized spacial score (nSPS) is 15.7. The SMILES string of the molecule is CC(C)(C)[Si](C)(C)OCCCCCCCCC(=O)N1CCOC1=O. The molecule has 0 bridgehead atoms. The van der Waals surface area contributed by atoms with Crippen molar-refractivity contribution in [1.82, 2.24) is 4.90 Å². The molecule has 0 saturated carbocycles. The average molecular weight is 358 g/mol. The number of rotatable bonds is 10. The van der Waals surface area contributed by atoms with E-state index in [0.29, 0.717) is 19.6 Å². The number of amides is 2. The highest BCUT2D eigenvalue weighted by atomic mass is 28.4. The van der Waals surface area contributed by atoms with Gasteiger partial charge in [0.25, 0.3) is 0 Å². The second-order valence-electron chi connectivity index (χ2n) is 8.14. The van der Waals surface area contributed by atoms with Gasteiger partial charge in [-0.15, -0.1) is 0 Å². The van der Waals surface area contributed by atoms with Gasteiger partial charge in [0.2, 0.25) is 5.91 Å². The lowest BCUT2D eigenvalue weighted by Crippen LogP contribution is -2.40. The monoisotopic (exact) mass is 357 g/mol. The number of carbonyl (C=O) groups excluding carboxylic acids is 2. The third kappa shape index (κ3) is 6.93. The predicted molar refractivity (Wildman–Crippen MR) is 98.5 cm³/mol. The van der Waals surface area contributed by atoms with Crippen LogP contribution in [0.5, 0.6) is 0 Å². The average Bonchev–Trinajstić information content (AvgIpc) is 2.90. The van der Waals surface area contributed by atoms with Gasteiger partial charge in [-0.25, -0.2) is 9.69 Å². The molecule has 0 radical (unpaired) electrons. The highest BCUT2D eigenvalue weighted by Crippen LogP contribution is 2.36. The molecule has 1 aliphatic heterocycles. The van der Waals surface area contributed by atoms with Gasteiger partial charge in [0.1, 0.15) is 6.61 Å². The zero-order valence-electron chi connectivity index (χ0n) is 16.2. The molecule has 0 N–H and O–H groups in total. The molecule has 140 valence electrons. The number of carbonyl (C=O) groups is 2. The summed E-state index contributed by atoms with van der Waals surface area (Å²) in [4.78, 5) is 24.3. The van der Waals surface area contributed by atoms with Crippen LogP contribution >= 0.6 is 0 Å². The van der Waals surface area contributed by atoms with E-state index in [9.17, 15) is 9.59 Å². The Bertz CT molecular complexity index is 418. The van der Waals surface area contributed by atoms with E-state index < -0.39 is 14.4 Å². The molecule has 1 aliphatic rings. The number of hydrogen-bond acceptors (Lipinski definition) is 4. The van der Waals surface area contributed by atoms with Crippen LogP contribution in [0.25, 0.3) is 0 Å². The van der Waals surface area contributed by atoms with Gasteiger partial charge in [-0.1, -0.05) is 46.5 Å². The first kappa shape index (κ1) is 21.2. The van der Waals surface area contributed by atoms with Crippen LogP contribution in [0.1, 0.15) is 65.7 Å². The maximum Gasteiger partial charge on any atom is 0.416 e. The molecule has 24 heavy (non-hydrogen) atoms. The fourth-order valence-electron chi connectivity index (χ4n) is 2.38. The van der Waals surface area contributed by atoms with Crippen LogP contribution in [0.15, 0.2) is 0 Å². The number of hydrogen-bond donors (Lipinski definition) is 0. The van der Waals surface area contributed by atoms with Gasteiger partial charge in [-0.05, 0) is 31.0 Å². The summed E-state index contributed by atoms with van der Waals surface area (Å²) in [6.07, 6.45) is 6.47. The summed E-state index contributed by atoms with van der Waals surface area (Å²) in [5.41, 5.74) is 0. The van der Waals surface area contributed by atoms with Gasteiger partial charge in [-0.3, -0.25) is 4.79 Å². The van der Waals surface area contributed by atoms with E-state index in [1.54, 1.807) is 0 Å². The lowest BCUT2D eigenvalue weighted by molar-refractivity contribution is -0.127. The van der Waals surface area contributed by atoms with Crippen molar-refractivity contribution in [3.8, 4) is 0 Å². The molecule has 0 aliphatic carbocycles. The van der Waals surface area contributed by atoms with Crippen LogP contribution in [-0.2, 0) is 14.0 Å². The van der Waals surface area contributed by atoms with Crippen molar-refractivity contribution < 1.29 is 18.8 Å². The number of cyclic esters (lactones) is 1. The van der Waals surface area contributed by atoms with Gasteiger partial charge in [0, 0.05) is 13.0 Å². The first-order chi connectivity index (χ1) is 11.1. The Morgan fingerprint density at radius 3 is 2.25 bits per heavy atom. The van der Waals surface area contributed by atoms with Crippen LogP contribution in [-0.4, -0.2) is 45.0 Å². The number of imide groups is 1. The van der Waals surface area contributed by atoms with Gasteiger partial charge in [0.05, 0.1) is 6.54 Å². The Kier molecular flexibility index (Phi) is 8.43. The van der Waals surface area contributed by atoms with Crippen molar-refractivity contribution in [2.75, 3.05) is 19.8 Å². The van der Waals surface area contributed by atoms with Crippen molar-refractivity contribution in [2.45, 2.75) is 83.8 Å². The second kappa shape index (κ2) is 9.56. The van der Waals surface area contributed by atoms with Crippen LogP contribution in [0.3, 0.4) is 0 Å². The highest BCUT2D eigenvalue weighted by Gasteiger charge is 2.36. The van der Waals surface area contributed by atoms with E-state index in [0.717, 1.165) is 32.3 Å². The molecule has 5 nitrogen and oxygen atoms in total. The van der Waals surface area contributed by atoms with E-state index >= 15 is 0 Å². The zero-order chi connectivity index (χ0) is 18.2. The van der Waals surface area contributed by atoms with E-state index in [1.165, 1.54) is 17.7 Å².